The summed E-state index contributed by atoms with van der Waals surface area (Å²) in [6.45, 7) is 11.1. The van der Waals surface area contributed by atoms with Crippen LogP contribution in [0.1, 0.15) is 75.6 Å². The molecule has 0 saturated heterocycles. The molecule has 10 heteroatoms. The molecule has 0 fully saturated rings. The molecule has 236 valence electrons. The zero-order chi connectivity index (χ0) is 33.2. The average Bonchev–Trinajstić information content (AvgIpc) is 3.57. The van der Waals surface area contributed by atoms with Crippen molar-refractivity contribution in [1.82, 2.24) is 0 Å². The predicted molar refractivity (Wildman–Crippen MR) is 173 cm³/mol. The topological polar surface area (TPSA) is 93.1 Å². The van der Waals surface area contributed by atoms with E-state index in [-0.39, 0.29) is 6.10 Å². The van der Waals surface area contributed by atoms with E-state index in [0.29, 0.717) is 4.88 Å². The first-order chi connectivity index (χ1) is 21.4. The second kappa shape index (κ2) is 15.5. The molecular weight excluding hydrogens is 597 g/mol. The Labute approximate surface area is 267 Å². The molecule has 0 radical (unpaired) electrons. The third kappa shape index (κ3) is 8.38. The van der Waals surface area contributed by atoms with E-state index >= 15 is 0 Å². The van der Waals surface area contributed by atoms with Crippen molar-refractivity contribution < 1.29 is 22.6 Å². The van der Waals surface area contributed by atoms with Crippen LogP contribution in [0.25, 0.3) is 18.2 Å². The molecule has 1 aliphatic heterocycles. The number of hydrogen-bond donors (Lipinski definition) is 0. The zero-order valence-electron chi connectivity index (χ0n) is 26.2. The first-order valence-corrected chi connectivity index (χ1v) is 15.7. The number of ether oxygens (including phenoxy) is 2. The van der Waals surface area contributed by atoms with E-state index in [1.54, 1.807) is 12.1 Å². The number of anilines is 1. The fraction of sp³-hybridized carbons (Fsp3) is 0.400. The van der Waals surface area contributed by atoms with Crippen molar-refractivity contribution in [2.75, 3.05) is 18.0 Å². The summed E-state index contributed by atoms with van der Waals surface area (Å²) in [5, 5.41) is 28.1. The van der Waals surface area contributed by atoms with Gasteiger partial charge in [0.25, 0.3) is 0 Å². The van der Waals surface area contributed by atoms with Crippen LogP contribution in [0.3, 0.4) is 0 Å². The number of thiophene rings is 1. The SMILES string of the molecule is CCCCN(CCCC)c1ccc(/C=C/c2ccc(/C=C/C3=C(C#N)C(=C(C#N)C#N)OC3(C)C(F)(F)F)s2)c(OC(C)C)c1. The van der Waals surface area contributed by atoms with Crippen molar-refractivity contribution in [3.63, 3.8) is 0 Å². The van der Waals surface area contributed by atoms with Gasteiger partial charge in [-0.3, -0.25) is 0 Å². The average molecular weight is 635 g/mol. The third-order valence-electron chi connectivity index (χ3n) is 7.20. The first kappa shape index (κ1) is 35.0. The largest absolute Gasteiger partial charge is 0.490 e. The van der Waals surface area contributed by atoms with Crippen molar-refractivity contribution in [1.29, 1.82) is 15.8 Å². The van der Waals surface area contributed by atoms with E-state index in [2.05, 4.69) is 30.9 Å². The molecule has 2 aromatic rings. The van der Waals surface area contributed by atoms with Crippen molar-refractivity contribution in [3.8, 4) is 24.0 Å². The van der Waals surface area contributed by atoms with E-state index in [1.165, 1.54) is 35.6 Å². The van der Waals surface area contributed by atoms with Crippen molar-refractivity contribution >= 4 is 35.3 Å². The highest BCUT2D eigenvalue weighted by molar-refractivity contribution is 7.13. The van der Waals surface area contributed by atoms with Gasteiger partial charge in [0, 0.05) is 45.7 Å². The van der Waals surface area contributed by atoms with Crippen LogP contribution < -0.4 is 9.64 Å². The summed E-state index contributed by atoms with van der Waals surface area (Å²) in [6.07, 6.45) is 6.02. The summed E-state index contributed by atoms with van der Waals surface area (Å²) in [7, 11) is 0. The molecule has 3 rings (SSSR count). The molecule has 0 aliphatic carbocycles. The van der Waals surface area contributed by atoms with Gasteiger partial charge in [-0.25, -0.2) is 0 Å². The van der Waals surface area contributed by atoms with Gasteiger partial charge < -0.3 is 14.4 Å². The summed E-state index contributed by atoms with van der Waals surface area (Å²) in [5.74, 6) is 0.107. The first-order valence-electron chi connectivity index (χ1n) is 14.9. The molecule has 1 unspecified atom stereocenters. The van der Waals surface area contributed by atoms with Crippen LogP contribution >= 0.6 is 11.3 Å². The summed E-state index contributed by atoms with van der Waals surface area (Å²) < 4.78 is 53.6. The number of nitrogens with zero attached hydrogens (tertiary/aromatic N) is 4. The lowest BCUT2D eigenvalue weighted by molar-refractivity contribution is -0.236. The van der Waals surface area contributed by atoms with Gasteiger partial charge in [0.2, 0.25) is 5.60 Å². The molecule has 2 heterocycles. The van der Waals surface area contributed by atoms with Crippen molar-refractivity contribution in [3.05, 3.63) is 74.2 Å². The maximum atomic E-state index is 14.1. The summed E-state index contributed by atoms with van der Waals surface area (Å²) >= 11 is 1.35. The van der Waals surface area contributed by atoms with E-state index in [9.17, 15) is 29.0 Å². The standard InChI is InChI=1S/C35H37F3N4O2S/c1-6-8-18-42(19-9-7-2)27-12-10-25(32(20-27)43-24(3)4)11-13-28-14-15-29(45-28)16-17-31-30(23-41)33(26(21-39)22-40)44-34(31,5)35(36,37)38/h10-17,20,24H,6-9,18-19H2,1-5H3/b13-11+,17-16+. The fourth-order valence-electron chi connectivity index (χ4n) is 4.70. The second-order valence-electron chi connectivity index (χ2n) is 11.0. The van der Waals surface area contributed by atoms with Crippen molar-refractivity contribution in [2.45, 2.75) is 78.2 Å². The highest BCUT2D eigenvalue weighted by Gasteiger charge is 2.60. The minimum Gasteiger partial charge on any atom is -0.490 e. The van der Waals surface area contributed by atoms with Gasteiger partial charge in [-0.15, -0.1) is 11.3 Å². The van der Waals surface area contributed by atoms with Gasteiger partial charge in [0.1, 0.15) is 29.5 Å². The van der Waals surface area contributed by atoms with Crippen molar-refractivity contribution in [2.24, 2.45) is 0 Å². The Balaban J connectivity index is 1.93. The Morgan fingerprint density at radius 3 is 2.09 bits per heavy atom. The Morgan fingerprint density at radius 2 is 1.58 bits per heavy atom. The summed E-state index contributed by atoms with van der Waals surface area (Å²) in [5.41, 5.74) is -2.53. The molecule has 1 atom stereocenters. The van der Waals surface area contributed by atoms with Crippen LogP contribution in [0.4, 0.5) is 18.9 Å². The Morgan fingerprint density at radius 1 is 0.978 bits per heavy atom. The number of unbranched alkanes of at least 4 members (excludes halogenated alkanes) is 2. The van der Waals surface area contributed by atoms with E-state index in [0.717, 1.165) is 67.6 Å². The molecule has 0 spiro atoms. The second-order valence-corrected chi connectivity index (χ2v) is 12.1. The quantitative estimate of drug-likeness (QED) is 0.204. The maximum absolute atomic E-state index is 14.1. The van der Waals surface area contributed by atoms with Gasteiger partial charge in [0.15, 0.2) is 11.3 Å². The minimum absolute atomic E-state index is 0.0204. The number of halogens is 3. The number of nitriles is 3. The van der Waals surface area contributed by atoms with Gasteiger partial charge in [-0.05, 0) is 76.1 Å². The number of allylic oxidation sites excluding steroid dienone is 2. The molecule has 0 bridgehead atoms. The molecule has 6 nitrogen and oxygen atoms in total. The number of rotatable bonds is 13. The van der Waals surface area contributed by atoms with Crippen LogP contribution in [0.15, 0.2) is 58.9 Å². The van der Waals surface area contributed by atoms with E-state index in [4.69, 9.17) is 9.47 Å². The van der Waals surface area contributed by atoms with Gasteiger partial charge in [-0.2, -0.15) is 29.0 Å². The molecule has 0 saturated carbocycles. The van der Waals surface area contributed by atoms with Crippen LogP contribution in [0.2, 0.25) is 0 Å². The molecule has 0 N–H and O–H groups in total. The fourth-order valence-corrected chi connectivity index (χ4v) is 5.52. The molecule has 1 aliphatic rings. The van der Waals surface area contributed by atoms with Crippen LogP contribution in [-0.2, 0) is 4.74 Å². The number of alkyl halides is 3. The number of benzene rings is 1. The molecule has 0 amide bonds. The predicted octanol–water partition coefficient (Wildman–Crippen LogP) is 9.60. The number of hydrogen-bond acceptors (Lipinski definition) is 7. The lowest BCUT2D eigenvalue weighted by atomic mass is 9.92. The normalized spacial score (nSPS) is 16.6. The molecule has 1 aromatic heterocycles. The van der Waals surface area contributed by atoms with Crippen LogP contribution in [0.5, 0.6) is 5.75 Å². The molecule has 45 heavy (non-hydrogen) atoms. The van der Waals surface area contributed by atoms with Crippen LogP contribution in [0, 0.1) is 34.0 Å². The Kier molecular flexibility index (Phi) is 12.1. The van der Waals surface area contributed by atoms with E-state index < -0.39 is 34.3 Å². The van der Waals surface area contributed by atoms with Gasteiger partial charge in [0.05, 0.1) is 6.10 Å². The highest BCUT2D eigenvalue weighted by Crippen LogP contribution is 2.49. The zero-order valence-corrected chi connectivity index (χ0v) is 27.0. The van der Waals surface area contributed by atoms with E-state index in [1.807, 2.05) is 38.1 Å². The lowest BCUT2D eigenvalue weighted by Gasteiger charge is -2.28. The monoisotopic (exact) mass is 634 g/mol. The van der Waals surface area contributed by atoms with Gasteiger partial charge >= 0.3 is 6.18 Å². The van der Waals surface area contributed by atoms with Gasteiger partial charge in [-0.1, -0.05) is 32.8 Å². The Hall–Kier alpha value is -4.46. The molecule has 1 aromatic carbocycles. The Bertz CT molecular complexity index is 1590. The summed E-state index contributed by atoms with van der Waals surface area (Å²) in [6, 6.07) is 14.5. The lowest BCUT2D eigenvalue weighted by Crippen LogP contribution is -2.43. The molecular formula is C35H37F3N4O2S. The highest BCUT2D eigenvalue weighted by atomic mass is 32.1. The summed E-state index contributed by atoms with van der Waals surface area (Å²) in [4.78, 5) is 3.89. The van der Waals surface area contributed by atoms with Crippen LogP contribution in [-0.4, -0.2) is 31.0 Å². The third-order valence-corrected chi connectivity index (χ3v) is 8.21. The smallest absolute Gasteiger partial charge is 0.432 e. The minimum atomic E-state index is -4.91. The maximum Gasteiger partial charge on any atom is 0.432 e.